The van der Waals surface area contributed by atoms with Crippen LogP contribution in [0, 0.1) is 5.82 Å². The van der Waals surface area contributed by atoms with Crippen molar-refractivity contribution in [3.05, 3.63) is 59.9 Å². The van der Waals surface area contributed by atoms with Gasteiger partial charge in [0, 0.05) is 5.69 Å². The lowest BCUT2D eigenvalue weighted by Crippen LogP contribution is -2.32. The number of hydrogen-bond acceptors (Lipinski definition) is 4. The summed E-state index contributed by atoms with van der Waals surface area (Å²) in [5, 5.41) is 2.80. The van der Waals surface area contributed by atoms with Gasteiger partial charge in [-0.3, -0.25) is 4.79 Å². The maximum absolute atomic E-state index is 13.5. The van der Waals surface area contributed by atoms with E-state index in [0.717, 1.165) is 12.0 Å². The molecule has 0 saturated heterocycles. The zero-order chi connectivity index (χ0) is 19.8. The molecule has 1 N–H and O–H groups in total. The fourth-order valence-electron chi connectivity index (χ4n) is 2.48. The van der Waals surface area contributed by atoms with Gasteiger partial charge in [-0.15, -0.1) is 0 Å². The summed E-state index contributed by atoms with van der Waals surface area (Å²) in [5.74, 6) is -1.53. The van der Waals surface area contributed by atoms with Crippen LogP contribution < -0.4 is 10.1 Å². The lowest BCUT2D eigenvalue weighted by Gasteiger charge is -2.18. The Morgan fingerprint density at radius 3 is 2.44 bits per heavy atom. The van der Waals surface area contributed by atoms with Crippen molar-refractivity contribution in [3.63, 3.8) is 0 Å². The third kappa shape index (κ3) is 5.81. The van der Waals surface area contributed by atoms with Crippen LogP contribution in [0.3, 0.4) is 0 Å². The van der Waals surface area contributed by atoms with Gasteiger partial charge in [-0.1, -0.05) is 44.2 Å². The summed E-state index contributed by atoms with van der Waals surface area (Å²) in [6, 6.07) is 13.3. The molecule has 27 heavy (non-hydrogen) atoms. The summed E-state index contributed by atoms with van der Waals surface area (Å²) in [6.45, 7) is 5.14. The van der Waals surface area contributed by atoms with Crippen molar-refractivity contribution in [2.24, 2.45) is 0 Å². The van der Waals surface area contributed by atoms with Crippen LogP contribution in [0.2, 0.25) is 0 Å². The average molecular weight is 373 g/mol. The van der Waals surface area contributed by atoms with Gasteiger partial charge >= 0.3 is 5.97 Å². The quantitative estimate of drug-likeness (QED) is 0.701. The molecule has 0 aliphatic carbocycles. The Balaban J connectivity index is 1.90. The van der Waals surface area contributed by atoms with E-state index in [9.17, 15) is 14.0 Å². The highest BCUT2D eigenvalue weighted by atomic mass is 19.1. The summed E-state index contributed by atoms with van der Waals surface area (Å²) in [6.07, 6.45) is -0.0724. The zero-order valence-electron chi connectivity index (χ0n) is 15.7. The minimum absolute atomic E-state index is 0.0472. The van der Waals surface area contributed by atoms with Crippen LogP contribution in [-0.4, -0.2) is 24.6 Å². The van der Waals surface area contributed by atoms with E-state index in [-0.39, 0.29) is 11.7 Å². The lowest BCUT2D eigenvalue weighted by molar-refractivity contribution is -0.155. The first-order valence-electron chi connectivity index (χ1n) is 8.89. The van der Waals surface area contributed by atoms with Crippen LogP contribution in [0.25, 0.3) is 0 Å². The van der Waals surface area contributed by atoms with E-state index in [1.54, 1.807) is 6.07 Å². The van der Waals surface area contributed by atoms with Crippen LogP contribution in [0.4, 0.5) is 10.1 Å². The number of ether oxygens (including phenoxy) is 2. The molecule has 0 bridgehead atoms. The fourth-order valence-corrected chi connectivity index (χ4v) is 2.48. The van der Waals surface area contributed by atoms with Gasteiger partial charge < -0.3 is 14.8 Å². The number of para-hydroxylation sites is 2. The molecule has 0 aliphatic heterocycles. The number of rotatable bonds is 8. The molecule has 2 unspecified atom stereocenters. The highest BCUT2D eigenvalue weighted by Gasteiger charge is 2.20. The number of esters is 1. The maximum atomic E-state index is 13.5. The molecule has 6 heteroatoms. The standard InChI is InChI=1S/C21H24FNO4/c1-4-14(2)16-9-5-7-11-18(16)23-21(25)15(3)27-20(24)13-26-19-12-8-6-10-17(19)22/h5-12,14-15H,4,13H2,1-3H3,(H,23,25). The van der Waals surface area contributed by atoms with Crippen LogP contribution in [-0.2, 0) is 14.3 Å². The third-order valence-electron chi connectivity index (χ3n) is 4.22. The second-order valence-electron chi connectivity index (χ2n) is 6.24. The monoisotopic (exact) mass is 373 g/mol. The van der Waals surface area contributed by atoms with Crippen LogP contribution in [0.5, 0.6) is 5.75 Å². The van der Waals surface area contributed by atoms with Gasteiger partial charge in [0.15, 0.2) is 24.3 Å². The second kappa shape index (κ2) is 9.71. The maximum Gasteiger partial charge on any atom is 0.344 e. The van der Waals surface area contributed by atoms with Crippen molar-refractivity contribution in [1.82, 2.24) is 0 Å². The predicted molar refractivity (Wildman–Crippen MR) is 101 cm³/mol. The van der Waals surface area contributed by atoms with E-state index in [2.05, 4.69) is 19.2 Å². The van der Waals surface area contributed by atoms with Gasteiger partial charge in [0.25, 0.3) is 5.91 Å². The Labute approximate surface area is 158 Å². The van der Waals surface area contributed by atoms with Crippen molar-refractivity contribution in [3.8, 4) is 5.75 Å². The first-order chi connectivity index (χ1) is 12.9. The van der Waals surface area contributed by atoms with Gasteiger partial charge in [-0.05, 0) is 43.0 Å². The molecule has 2 atom stereocenters. The molecule has 0 saturated carbocycles. The number of amides is 1. The van der Waals surface area contributed by atoms with Gasteiger partial charge in [0.1, 0.15) is 0 Å². The molecule has 2 aromatic rings. The number of anilines is 1. The first kappa shape index (κ1) is 20.4. The Morgan fingerprint density at radius 1 is 1.07 bits per heavy atom. The zero-order valence-corrected chi connectivity index (χ0v) is 15.7. The summed E-state index contributed by atoms with van der Waals surface area (Å²) in [4.78, 5) is 24.2. The Kier molecular flexibility index (Phi) is 7.34. The van der Waals surface area contributed by atoms with Gasteiger partial charge in [0.2, 0.25) is 0 Å². The number of nitrogens with one attached hydrogen (secondary N) is 1. The van der Waals surface area contributed by atoms with Gasteiger partial charge in [0.05, 0.1) is 0 Å². The van der Waals surface area contributed by atoms with E-state index >= 15 is 0 Å². The molecule has 2 rings (SSSR count). The molecule has 2 aromatic carbocycles. The predicted octanol–water partition coefficient (Wildman–Crippen LogP) is 4.29. The van der Waals surface area contributed by atoms with E-state index < -0.39 is 30.4 Å². The molecule has 1 amide bonds. The largest absolute Gasteiger partial charge is 0.479 e. The van der Waals surface area contributed by atoms with Crippen molar-refractivity contribution >= 4 is 17.6 Å². The summed E-state index contributed by atoms with van der Waals surface area (Å²) < 4.78 is 23.6. The van der Waals surface area contributed by atoms with Crippen molar-refractivity contribution in [2.45, 2.75) is 39.2 Å². The Hall–Kier alpha value is -2.89. The van der Waals surface area contributed by atoms with E-state index in [1.807, 2.05) is 24.3 Å². The van der Waals surface area contributed by atoms with Gasteiger partial charge in [-0.2, -0.15) is 0 Å². The molecule has 0 spiro atoms. The number of carbonyl (C=O) groups is 2. The first-order valence-corrected chi connectivity index (χ1v) is 8.89. The molecule has 0 heterocycles. The normalized spacial score (nSPS) is 12.7. The fraction of sp³-hybridized carbons (Fsp3) is 0.333. The molecule has 0 fully saturated rings. The van der Waals surface area contributed by atoms with E-state index in [1.165, 1.54) is 25.1 Å². The smallest absolute Gasteiger partial charge is 0.344 e. The summed E-state index contributed by atoms with van der Waals surface area (Å²) in [7, 11) is 0. The summed E-state index contributed by atoms with van der Waals surface area (Å²) >= 11 is 0. The van der Waals surface area contributed by atoms with Crippen LogP contribution in [0.1, 0.15) is 38.7 Å². The number of carbonyl (C=O) groups excluding carboxylic acids is 2. The van der Waals surface area contributed by atoms with Gasteiger partial charge in [-0.25, -0.2) is 9.18 Å². The van der Waals surface area contributed by atoms with E-state index in [4.69, 9.17) is 9.47 Å². The summed E-state index contributed by atoms with van der Waals surface area (Å²) in [5.41, 5.74) is 1.72. The molecular weight excluding hydrogens is 349 g/mol. The average Bonchev–Trinajstić information content (AvgIpc) is 2.67. The third-order valence-corrected chi connectivity index (χ3v) is 4.22. The van der Waals surface area contributed by atoms with Crippen LogP contribution in [0.15, 0.2) is 48.5 Å². The number of hydrogen-bond donors (Lipinski definition) is 1. The molecule has 144 valence electrons. The molecule has 5 nitrogen and oxygen atoms in total. The van der Waals surface area contributed by atoms with Crippen molar-refractivity contribution in [1.29, 1.82) is 0 Å². The molecular formula is C21H24FNO4. The molecule has 0 radical (unpaired) electrons. The molecule has 0 aliphatic rings. The van der Waals surface area contributed by atoms with E-state index in [0.29, 0.717) is 5.69 Å². The Morgan fingerprint density at radius 2 is 1.74 bits per heavy atom. The SMILES string of the molecule is CCC(C)c1ccccc1NC(=O)C(C)OC(=O)COc1ccccc1F. The molecule has 0 aromatic heterocycles. The van der Waals surface area contributed by atoms with Crippen LogP contribution >= 0.6 is 0 Å². The number of halogens is 1. The highest BCUT2D eigenvalue weighted by molar-refractivity contribution is 5.95. The minimum atomic E-state index is -1.01. The van der Waals surface area contributed by atoms with Crippen molar-refractivity contribution in [2.75, 3.05) is 11.9 Å². The number of benzene rings is 2. The Bertz CT molecular complexity index is 793. The second-order valence-corrected chi connectivity index (χ2v) is 6.24. The minimum Gasteiger partial charge on any atom is -0.479 e. The highest BCUT2D eigenvalue weighted by Crippen LogP contribution is 2.26. The van der Waals surface area contributed by atoms with Crippen molar-refractivity contribution < 1.29 is 23.5 Å². The topological polar surface area (TPSA) is 64.6 Å². The lowest BCUT2D eigenvalue weighted by atomic mass is 9.97.